The van der Waals surface area contributed by atoms with E-state index in [1.165, 1.54) is 0 Å². The first-order chi connectivity index (χ1) is 8.56. The summed E-state index contributed by atoms with van der Waals surface area (Å²) >= 11 is 0. The number of hydrogen-bond donors (Lipinski definition) is 1. The van der Waals surface area contributed by atoms with Crippen molar-refractivity contribution in [1.29, 1.82) is 0 Å². The van der Waals surface area contributed by atoms with Crippen molar-refractivity contribution in [2.75, 3.05) is 19.7 Å². The Morgan fingerprint density at radius 3 is 2.42 bits per heavy atom. The van der Waals surface area contributed by atoms with Gasteiger partial charge >= 0.3 is 0 Å². The number of carbonyl (C=O) groups excluding carboxylic acids is 1. The molecule has 1 amide bonds. The topological polar surface area (TPSA) is 55.6 Å². The van der Waals surface area contributed by atoms with Gasteiger partial charge in [-0.3, -0.25) is 4.79 Å². The molecule has 2 atom stereocenters. The average Bonchev–Trinajstić information content (AvgIpc) is 2.38. The normalized spacial score (nSPS) is 19.7. The largest absolute Gasteiger partial charge is 0.369 e. The molecule has 2 unspecified atom stereocenters. The van der Waals surface area contributed by atoms with E-state index in [0.717, 1.165) is 38.8 Å². The standard InChI is InChI=1S/C14H28N2O2.ClH/c1-4-5-10-18-12(3)14(17)16-8-6-13(7-9-16)11(2)15;/h11-13H,4-10,15H2,1-3H3;1H. The van der Waals surface area contributed by atoms with Crippen LogP contribution in [0.2, 0.25) is 0 Å². The Hall–Kier alpha value is -0.320. The number of carbonyl (C=O) groups is 1. The zero-order valence-corrected chi connectivity index (χ0v) is 13.2. The number of amides is 1. The molecule has 0 saturated carbocycles. The van der Waals surface area contributed by atoms with Crippen LogP contribution in [0.4, 0.5) is 0 Å². The molecule has 4 nitrogen and oxygen atoms in total. The maximum absolute atomic E-state index is 12.1. The van der Waals surface area contributed by atoms with E-state index in [0.29, 0.717) is 12.5 Å². The van der Waals surface area contributed by atoms with Crippen molar-refractivity contribution in [3.8, 4) is 0 Å². The van der Waals surface area contributed by atoms with Gasteiger partial charge in [0, 0.05) is 25.7 Å². The van der Waals surface area contributed by atoms with Crippen molar-refractivity contribution >= 4 is 18.3 Å². The third-order valence-electron chi connectivity index (χ3n) is 3.81. The lowest BCUT2D eigenvalue weighted by Crippen LogP contribution is -2.46. The summed E-state index contributed by atoms with van der Waals surface area (Å²) in [6.07, 6.45) is 3.85. The maximum atomic E-state index is 12.1. The van der Waals surface area contributed by atoms with Crippen molar-refractivity contribution in [3.63, 3.8) is 0 Å². The molecule has 19 heavy (non-hydrogen) atoms. The van der Waals surface area contributed by atoms with Crippen LogP contribution in [0.5, 0.6) is 0 Å². The van der Waals surface area contributed by atoms with Gasteiger partial charge in [0.25, 0.3) is 5.91 Å². The lowest BCUT2D eigenvalue weighted by atomic mass is 9.91. The fraction of sp³-hybridized carbons (Fsp3) is 0.929. The fourth-order valence-corrected chi connectivity index (χ4v) is 2.38. The highest BCUT2D eigenvalue weighted by Crippen LogP contribution is 2.20. The summed E-state index contributed by atoms with van der Waals surface area (Å²) in [5.74, 6) is 0.694. The van der Waals surface area contributed by atoms with E-state index in [1.807, 2.05) is 11.8 Å². The van der Waals surface area contributed by atoms with Crippen LogP contribution in [-0.4, -0.2) is 42.6 Å². The van der Waals surface area contributed by atoms with Gasteiger partial charge in [-0.05, 0) is 39.0 Å². The van der Waals surface area contributed by atoms with Gasteiger partial charge in [0.15, 0.2) is 0 Å². The second-order valence-electron chi connectivity index (χ2n) is 5.39. The number of nitrogens with zero attached hydrogens (tertiary/aromatic N) is 1. The molecule has 1 fully saturated rings. The molecule has 5 heteroatoms. The summed E-state index contributed by atoms with van der Waals surface area (Å²) in [5, 5.41) is 0. The van der Waals surface area contributed by atoms with E-state index < -0.39 is 0 Å². The average molecular weight is 293 g/mol. The van der Waals surface area contributed by atoms with E-state index in [-0.39, 0.29) is 30.5 Å². The SMILES string of the molecule is CCCCOC(C)C(=O)N1CCC(C(C)N)CC1.Cl. The molecular formula is C14H29ClN2O2. The summed E-state index contributed by atoms with van der Waals surface area (Å²) in [5.41, 5.74) is 5.90. The van der Waals surface area contributed by atoms with Gasteiger partial charge in [0.1, 0.15) is 6.10 Å². The Bertz CT molecular complexity index is 254. The number of halogens is 1. The van der Waals surface area contributed by atoms with E-state index in [2.05, 4.69) is 13.8 Å². The van der Waals surface area contributed by atoms with Gasteiger partial charge in [-0.1, -0.05) is 13.3 Å². The number of nitrogens with two attached hydrogens (primary N) is 1. The first-order valence-electron chi connectivity index (χ1n) is 7.22. The molecular weight excluding hydrogens is 264 g/mol. The fourth-order valence-electron chi connectivity index (χ4n) is 2.38. The molecule has 2 N–H and O–H groups in total. The van der Waals surface area contributed by atoms with E-state index in [9.17, 15) is 4.79 Å². The van der Waals surface area contributed by atoms with Crippen LogP contribution < -0.4 is 5.73 Å². The van der Waals surface area contributed by atoms with Crippen LogP contribution in [-0.2, 0) is 9.53 Å². The lowest BCUT2D eigenvalue weighted by Gasteiger charge is -2.35. The zero-order chi connectivity index (χ0) is 13.5. The second-order valence-corrected chi connectivity index (χ2v) is 5.39. The van der Waals surface area contributed by atoms with E-state index in [1.54, 1.807) is 0 Å². The number of likely N-dealkylation sites (tertiary alicyclic amines) is 1. The third kappa shape index (κ3) is 6.11. The summed E-state index contributed by atoms with van der Waals surface area (Å²) in [6.45, 7) is 8.36. The summed E-state index contributed by atoms with van der Waals surface area (Å²) in [4.78, 5) is 14.1. The Kier molecular flexibility index (Phi) is 9.40. The second kappa shape index (κ2) is 9.56. The van der Waals surface area contributed by atoms with Crippen molar-refractivity contribution in [2.24, 2.45) is 11.7 Å². The number of ether oxygens (including phenoxy) is 1. The minimum atomic E-state index is -0.302. The van der Waals surface area contributed by atoms with Crippen LogP contribution in [0.25, 0.3) is 0 Å². The summed E-state index contributed by atoms with van der Waals surface area (Å²) in [6, 6.07) is 0.237. The third-order valence-corrected chi connectivity index (χ3v) is 3.81. The lowest BCUT2D eigenvalue weighted by molar-refractivity contribution is -0.144. The highest BCUT2D eigenvalue weighted by molar-refractivity contribution is 5.85. The van der Waals surface area contributed by atoms with Gasteiger partial charge in [0.05, 0.1) is 0 Å². The quantitative estimate of drug-likeness (QED) is 0.764. The van der Waals surface area contributed by atoms with Crippen LogP contribution in [0, 0.1) is 5.92 Å². The monoisotopic (exact) mass is 292 g/mol. The Balaban J connectivity index is 0.00000324. The van der Waals surface area contributed by atoms with Crippen molar-refractivity contribution in [1.82, 2.24) is 4.90 Å². The predicted molar refractivity (Wildman–Crippen MR) is 80.5 cm³/mol. The number of hydrogen-bond acceptors (Lipinski definition) is 3. The van der Waals surface area contributed by atoms with Crippen LogP contribution in [0.3, 0.4) is 0 Å². The highest BCUT2D eigenvalue weighted by atomic mass is 35.5. The molecule has 1 aliphatic rings. The van der Waals surface area contributed by atoms with Gasteiger partial charge in [-0.2, -0.15) is 0 Å². The van der Waals surface area contributed by atoms with E-state index in [4.69, 9.17) is 10.5 Å². The summed E-state index contributed by atoms with van der Waals surface area (Å²) in [7, 11) is 0. The molecule has 1 aliphatic heterocycles. The van der Waals surface area contributed by atoms with Crippen molar-refractivity contribution < 1.29 is 9.53 Å². The molecule has 1 saturated heterocycles. The smallest absolute Gasteiger partial charge is 0.251 e. The molecule has 114 valence electrons. The minimum Gasteiger partial charge on any atom is -0.369 e. The summed E-state index contributed by atoms with van der Waals surface area (Å²) < 4.78 is 5.56. The van der Waals surface area contributed by atoms with Crippen LogP contribution in [0.15, 0.2) is 0 Å². The van der Waals surface area contributed by atoms with Gasteiger partial charge in [-0.25, -0.2) is 0 Å². The molecule has 0 aliphatic carbocycles. The first kappa shape index (κ1) is 18.7. The van der Waals surface area contributed by atoms with Gasteiger partial charge < -0.3 is 15.4 Å². The Morgan fingerprint density at radius 2 is 1.95 bits per heavy atom. The molecule has 0 aromatic rings. The van der Waals surface area contributed by atoms with E-state index >= 15 is 0 Å². The van der Waals surface area contributed by atoms with Crippen LogP contribution >= 0.6 is 12.4 Å². The molecule has 1 heterocycles. The molecule has 0 radical (unpaired) electrons. The first-order valence-corrected chi connectivity index (χ1v) is 7.22. The van der Waals surface area contributed by atoms with Crippen molar-refractivity contribution in [3.05, 3.63) is 0 Å². The minimum absolute atomic E-state index is 0. The van der Waals surface area contributed by atoms with Crippen LogP contribution in [0.1, 0.15) is 46.5 Å². The highest BCUT2D eigenvalue weighted by Gasteiger charge is 2.27. The Labute approximate surface area is 123 Å². The molecule has 0 aromatic carbocycles. The van der Waals surface area contributed by atoms with Gasteiger partial charge in [-0.15, -0.1) is 12.4 Å². The predicted octanol–water partition coefficient (Wildman–Crippen LogP) is 2.20. The van der Waals surface area contributed by atoms with Crippen molar-refractivity contribution in [2.45, 2.75) is 58.6 Å². The molecule has 1 rings (SSSR count). The molecule has 0 spiro atoms. The van der Waals surface area contributed by atoms with Gasteiger partial charge in [0.2, 0.25) is 0 Å². The zero-order valence-electron chi connectivity index (χ0n) is 12.4. The number of rotatable bonds is 6. The Morgan fingerprint density at radius 1 is 1.37 bits per heavy atom. The number of piperidine rings is 1. The number of unbranched alkanes of at least 4 members (excludes halogenated alkanes) is 1. The molecule has 0 bridgehead atoms. The maximum Gasteiger partial charge on any atom is 0.251 e. The molecule has 0 aromatic heterocycles.